The molecule has 124 valence electrons. The van der Waals surface area contributed by atoms with Crippen LogP contribution in [-0.4, -0.2) is 30.4 Å². The van der Waals surface area contributed by atoms with Crippen molar-refractivity contribution in [3.63, 3.8) is 0 Å². The van der Waals surface area contributed by atoms with E-state index in [0.29, 0.717) is 44.3 Å². The lowest BCUT2D eigenvalue weighted by atomic mass is 9.90. The zero-order chi connectivity index (χ0) is 15.8. The second-order valence-corrected chi connectivity index (χ2v) is 5.68. The zero-order valence-corrected chi connectivity index (χ0v) is 12.7. The van der Waals surface area contributed by atoms with Crippen LogP contribution >= 0.6 is 12.4 Å². The van der Waals surface area contributed by atoms with Gasteiger partial charge in [-0.15, -0.1) is 12.4 Å². The van der Waals surface area contributed by atoms with Crippen molar-refractivity contribution in [2.45, 2.75) is 19.5 Å². The van der Waals surface area contributed by atoms with E-state index in [4.69, 9.17) is 5.73 Å². The Balaban J connectivity index is 0.00000242. The van der Waals surface area contributed by atoms with Gasteiger partial charge in [-0.3, -0.25) is 4.79 Å². The summed E-state index contributed by atoms with van der Waals surface area (Å²) >= 11 is 0. The predicted molar refractivity (Wildman–Crippen MR) is 76.3 cm³/mol. The maximum atomic E-state index is 13.7. The van der Waals surface area contributed by atoms with Crippen molar-refractivity contribution in [1.82, 2.24) is 4.90 Å². The van der Waals surface area contributed by atoms with Crippen molar-refractivity contribution >= 4 is 18.3 Å². The molecule has 0 aromatic heterocycles. The van der Waals surface area contributed by atoms with E-state index in [1.165, 1.54) is 4.90 Å². The highest BCUT2D eigenvalue weighted by Crippen LogP contribution is 2.33. The monoisotopic (exact) mass is 340 g/mol. The standard InChI is InChI=1S/C14H16F4N2O.ClH/c1-13(7-19)4-5-20(8-13)12(21)10-6-9(14(16,17)18)2-3-11(10)15;/h2-3,6H,4-5,7-8,19H2,1H3;1H. The summed E-state index contributed by atoms with van der Waals surface area (Å²) in [5, 5.41) is 0. The van der Waals surface area contributed by atoms with E-state index in [9.17, 15) is 22.4 Å². The summed E-state index contributed by atoms with van der Waals surface area (Å²) in [6.45, 7) is 2.94. The summed E-state index contributed by atoms with van der Waals surface area (Å²) in [5.41, 5.74) is 3.77. The summed E-state index contributed by atoms with van der Waals surface area (Å²) in [6, 6.07) is 1.87. The lowest BCUT2D eigenvalue weighted by molar-refractivity contribution is -0.137. The summed E-state index contributed by atoms with van der Waals surface area (Å²) in [6.07, 6.45) is -3.96. The van der Waals surface area contributed by atoms with E-state index in [0.717, 1.165) is 0 Å². The molecule has 1 fully saturated rings. The van der Waals surface area contributed by atoms with Crippen LogP contribution in [0.1, 0.15) is 29.3 Å². The number of halogens is 5. The molecule has 1 amide bonds. The number of alkyl halides is 3. The first-order chi connectivity index (χ1) is 9.66. The molecule has 1 unspecified atom stereocenters. The van der Waals surface area contributed by atoms with Gasteiger partial charge in [0.05, 0.1) is 11.1 Å². The number of rotatable bonds is 2. The minimum absolute atomic E-state index is 0. The van der Waals surface area contributed by atoms with Gasteiger partial charge in [-0.2, -0.15) is 13.2 Å². The van der Waals surface area contributed by atoms with Gasteiger partial charge in [0, 0.05) is 13.1 Å². The molecule has 1 aliphatic rings. The normalized spacial score (nSPS) is 21.6. The van der Waals surface area contributed by atoms with Crippen molar-refractivity contribution in [3.8, 4) is 0 Å². The van der Waals surface area contributed by atoms with Gasteiger partial charge in [0.1, 0.15) is 5.82 Å². The van der Waals surface area contributed by atoms with Crippen molar-refractivity contribution in [2.24, 2.45) is 11.1 Å². The summed E-state index contributed by atoms with van der Waals surface area (Å²) in [7, 11) is 0. The molecular formula is C14H17ClF4N2O. The van der Waals surface area contributed by atoms with E-state index < -0.39 is 29.0 Å². The summed E-state index contributed by atoms with van der Waals surface area (Å²) < 4.78 is 51.7. The van der Waals surface area contributed by atoms with Crippen LogP contribution in [0.2, 0.25) is 0 Å². The van der Waals surface area contributed by atoms with Gasteiger partial charge in [0.2, 0.25) is 0 Å². The van der Waals surface area contributed by atoms with Crippen LogP contribution in [0, 0.1) is 11.2 Å². The highest BCUT2D eigenvalue weighted by Gasteiger charge is 2.37. The molecule has 0 bridgehead atoms. The SMILES string of the molecule is CC1(CN)CCN(C(=O)c2cc(C(F)(F)F)ccc2F)C1.Cl. The molecule has 8 heteroatoms. The number of nitrogens with two attached hydrogens (primary N) is 1. The highest BCUT2D eigenvalue weighted by atomic mass is 35.5. The van der Waals surface area contributed by atoms with Gasteiger partial charge in [0.15, 0.2) is 0 Å². The molecule has 1 aromatic rings. The number of hydrogen-bond donors (Lipinski definition) is 1. The van der Waals surface area contributed by atoms with Gasteiger partial charge in [-0.05, 0) is 36.6 Å². The molecule has 22 heavy (non-hydrogen) atoms. The molecule has 1 saturated heterocycles. The second kappa shape index (κ2) is 6.42. The van der Waals surface area contributed by atoms with Crippen LogP contribution in [0.3, 0.4) is 0 Å². The Labute approximate surface area is 131 Å². The Morgan fingerprint density at radius 1 is 1.41 bits per heavy atom. The lowest BCUT2D eigenvalue weighted by Crippen LogP contribution is -2.35. The average Bonchev–Trinajstić information content (AvgIpc) is 2.81. The van der Waals surface area contributed by atoms with Crippen LogP contribution < -0.4 is 5.73 Å². The Hall–Kier alpha value is -1.34. The molecule has 1 atom stereocenters. The molecule has 0 spiro atoms. The van der Waals surface area contributed by atoms with Gasteiger partial charge in [-0.1, -0.05) is 6.92 Å². The minimum Gasteiger partial charge on any atom is -0.338 e. The van der Waals surface area contributed by atoms with Crippen LogP contribution in [0.25, 0.3) is 0 Å². The van der Waals surface area contributed by atoms with Crippen molar-refractivity contribution < 1.29 is 22.4 Å². The maximum absolute atomic E-state index is 13.7. The van der Waals surface area contributed by atoms with Gasteiger partial charge in [0.25, 0.3) is 5.91 Å². The molecule has 2 rings (SSSR count). The fourth-order valence-corrected chi connectivity index (χ4v) is 2.40. The Morgan fingerprint density at radius 3 is 2.55 bits per heavy atom. The topological polar surface area (TPSA) is 46.3 Å². The van der Waals surface area contributed by atoms with Crippen molar-refractivity contribution in [3.05, 3.63) is 35.1 Å². The molecule has 2 N–H and O–H groups in total. The Bertz CT molecular complexity index is 564. The third-order valence-corrected chi connectivity index (χ3v) is 3.86. The van der Waals surface area contributed by atoms with E-state index in [1.54, 1.807) is 0 Å². The number of carbonyl (C=O) groups excluding carboxylic acids is 1. The first-order valence-corrected chi connectivity index (χ1v) is 6.52. The number of carbonyl (C=O) groups is 1. The molecule has 0 radical (unpaired) electrons. The molecule has 0 aliphatic carbocycles. The van der Waals surface area contributed by atoms with Gasteiger partial charge >= 0.3 is 6.18 Å². The molecule has 1 aliphatic heterocycles. The van der Waals surface area contributed by atoms with Crippen molar-refractivity contribution in [1.29, 1.82) is 0 Å². The highest BCUT2D eigenvalue weighted by molar-refractivity contribution is 5.95. The molecule has 0 saturated carbocycles. The van der Waals surface area contributed by atoms with Crippen molar-refractivity contribution in [2.75, 3.05) is 19.6 Å². The predicted octanol–water partition coefficient (Wildman–Crippen LogP) is 3.08. The van der Waals surface area contributed by atoms with Crippen LogP contribution in [-0.2, 0) is 6.18 Å². The Morgan fingerprint density at radius 2 is 2.05 bits per heavy atom. The average molecular weight is 341 g/mol. The second-order valence-electron chi connectivity index (χ2n) is 5.68. The molecular weight excluding hydrogens is 324 g/mol. The van der Waals surface area contributed by atoms with Gasteiger partial charge < -0.3 is 10.6 Å². The third kappa shape index (κ3) is 3.70. The first-order valence-electron chi connectivity index (χ1n) is 6.52. The van der Waals surface area contributed by atoms with E-state index in [1.807, 2.05) is 6.92 Å². The summed E-state index contributed by atoms with van der Waals surface area (Å²) in [5.74, 6) is -1.68. The number of benzene rings is 1. The zero-order valence-electron chi connectivity index (χ0n) is 11.9. The van der Waals surface area contributed by atoms with Crippen LogP contribution in [0.4, 0.5) is 17.6 Å². The van der Waals surface area contributed by atoms with Gasteiger partial charge in [-0.25, -0.2) is 4.39 Å². The maximum Gasteiger partial charge on any atom is 0.416 e. The smallest absolute Gasteiger partial charge is 0.338 e. The number of hydrogen-bond acceptors (Lipinski definition) is 2. The molecule has 1 aromatic carbocycles. The third-order valence-electron chi connectivity index (χ3n) is 3.86. The summed E-state index contributed by atoms with van der Waals surface area (Å²) in [4.78, 5) is 13.6. The van der Waals surface area contributed by atoms with E-state index in [-0.39, 0.29) is 17.8 Å². The quantitative estimate of drug-likeness (QED) is 0.841. The molecule has 3 nitrogen and oxygen atoms in total. The van der Waals surface area contributed by atoms with Crippen LogP contribution in [0.15, 0.2) is 18.2 Å². The minimum atomic E-state index is -4.61. The van der Waals surface area contributed by atoms with E-state index in [2.05, 4.69) is 0 Å². The fourth-order valence-electron chi connectivity index (χ4n) is 2.40. The van der Waals surface area contributed by atoms with Crippen LogP contribution in [0.5, 0.6) is 0 Å². The molecule has 1 heterocycles. The lowest BCUT2D eigenvalue weighted by Gasteiger charge is -2.23. The first kappa shape index (κ1) is 18.7. The largest absolute Gasteiger partial charge is 0.416 e. The van der Waals surface area contributed by atoms with E-state index >= 15 is 0 Å². The fraction of sp³-hybridized carbons (Fsp3) is 0.500. The number of nitrogens with zero attached hydrogens (tertiary/aromatic N) is 1. The number of amides is 1. The Kier molecular flexibility index (Phi) is 5.46. The number of likely N-dealkylation sites (tertiary alicyclic amines) is 1.